The summed E-state index contributed by atoms with van der Waals surface area (Å²) >= 11 is 0. The standard InChI is InChI=1S/C10H8F3NO3/c1-17-9-7(10(11,12)13)3-2-6(8(9)16)4-14-5-15/h2-3,16H,4H2,1H3. The van der Waals surface area contributed by atoms with E-state index in [9.17, 15) is 23.1 Å². The Balaban J connectivity index is 3.31. The molecular weight excluding hydrogens is 239 g/mol. The highest BCUT2D eigenvalue weighted by Crippen LogP contribution is 2.42. The number of isocyanates is 1. The largest absolute Gasteiger partial charge is 0.504 e. The minimum atomic E-state index is -4.63. The highest BCUT2D eigenvalue weighted by atomic mass is 19.4. The number of hydrogen-bond acceptors (Lipinski definition) is 4. The van der Waals surface area contributed by atoms with E-state index >= 15 is 0 Å². The second-order valence-electron chi connectivity index (χ2n) is 3.06. The Morgan fingerprint density at radius 3 is 2.59 bits per heavy atom. The molecule has 0 fully saturated rings. The summed E-state index contributed by atoms with van der Waals surface area (Å²) in [6, 6.07) is 1.79. The number of rotatable bonds is 3. The number of phenols is 1. The molecule has 17 heavy (non-hydrogen) atoms. The van der Waals surface area contributed by atoms with Gasteiger partial charge in [-0.2, -0.15) is 13.2 Å². The van der Waals surface area contributed by atoms with Crippen LogP contribution in [0.5, 0.6) is 11.5 Å². The van der Waals surface area contributed by atoms with E-state index in [1.165, 1.54) is 6.08 Å². The maximum atomic E-state index is 12.5. The van der Waals surface area contributed by atoms with Crippen molar-refractivity contribution >= 4 is 6.08 Å². The van der Waals surface area contributed by atoms with Crippen LogP contribution >= 0.6 is 0 Å². The normalized spacial score (nSPS) is 10.8. The number of benzene rings is 1. The Morgan fingerprint density at radius 2 is 2.12 bits per heavy atom. The third-order valence-corrected chi connectivity index (χ3v) is 2.04. The Bertz CT molecular complexity index is 465. The van der Waals surface area contributed by atoms with Crippen molar-refractivity contribution in [2.75, 3.05) is 7.11 Å². The fourth-order valence-corrected chi connectivity index (χ4v) is 1.29. The Kier molecular flexibility index (Phi) is 3.75. The van der Waals surface area contributed by atoms with Gasteiger partial charge in [0.25, 0.3) is 0 Å². The van der Waals surface area contributed by atoms with Crippen LogP contribution in [0.1, 0.15) is 11.1 Å². The molecule has 0 aromatic heterocycles. The number of hydrogen-bond donors (Lipinski definition) is 1. The molecule has 0 aliphatic heterocycles. The molecule has 1 N–H and O–H groups in total. The first kappa shape index (κ1) is 13.1. The zero-order valence-electron chi connectivity index (χ0n) is 8.71. The molecule has 0 aliphatic rings. The van der Waals surface area contributed by atoms with E-state index in [0.29, 0.717) is 0 Å². The van der Waals surface area contributed by atoms with E-state index in [-0.39, 0.29) is 12.1 Å². The number of methoxy groups -OCH3 is 1. The van der Waals surface area contributed by atoms with Gasteiger partial charge in [0.1, 0.15) is 5.56 Å². The summed E-state index contributed by atoms with van der Waals surface area (Å²) in [7, 11) is 1.01. The smallest absolute Gasteiger partial charge is 0.420 e. The van der Waals surface area contributed by atoms with Crippen LogP contribution in [0.4, 0.5) is 13.2 Å². The van der Waals surface area contributed by atoms with Gasteiger partial charge in [-0.25, -0.2) is 9.79 Å². The van der Waals surface area contributed by atoms with Crippen molar-refractivity contribution in [3.8, 4) is 11.5 Å². The molecule has 0 heterocycles. The molecule has 0 radical (unpaired) electrons. The molecule has 7 heteroatoms. The molecule has 0 amide bonds. The summed E-state index contributed by atoms with van der Waals surface area (Å²) in [5.74, 6) is -1.36. The molecule has 0 saturated heterocycles. The lowest BCUT2D eigenvalue weighted by Gasteiger charge is -2.14. The number of halogens is 3. The zero-order valence-corrected chi connectivity index (χ0v) is 8.71. The van der Waals surface area contributed by atoms with Gasteiger partial charge in [0.05, 0.1) is 13.7 Å². The molecular formula is C10H8F3NO3. The van der Waals surface area contributed by atoms with Crippen LogP contribution < -0.4 is 4.74 Å². The maximum absolute atomic E-state index is 12.5. The number of alkyl halides is 3. The second kappa shape index (κ2) is 4.88. The molecule has 0 aliphatic carbocycles. The van der Waals surface area contributed by atoms with Gasteiger partial charge in [-0.3, -0.25) is 0 Å². The quantitative estimate of drug-likeness (QED) is 0.658. The summed E-state index contributed by atoms with van der Waals surface area (Å²) in [5.41, 5.74) is -1.03. The summed E-state index contributed by atoms with van der Waals surface area (Å²) in [6.45, 7) is -0.260. The van der Waals surface area contributed by atoms with E-state index < -0.39 is 23.2 Å². The van der Waals surface area contributed by atoms with Crippen LogP contribution in [0.3, 0.4) is 0 Å². The molecule has 0 unspecified atom stereocenters. The van der Waals surface area contributed by atoms with Crippen LogP contribution in [0.25, 0.3) is 0 Å². The average molecular weight is 247 g/mol. The topological polar surface area (TPSA) is 58.9 Å². The lowest BCUT2D eigenvalue weighted by molar-refractivity contribution is -0.138. The second-order valence-corrected chi connectivity index (χ2v) is 3.06. The van der Waals surface area contributed by atoms with Gasteiger partial charge in [-0.05, 0) is 6.07 Å². The Hall–Kier alpha value is -2.01. The molecule has 0 bridgehead atoms. The lowest BCUT2D eigenvalue weighted by atomic mass is 10.1. The molecule has 1 aromatic rings. The van der Waals surface area contributed by atoms with Crippen LogP contribution in [0.15, 0.2) is 17.1 Å². The summed E-state index contributed by atoms with van der Waals surface area (Å²) in [4.78, 5) is 13.1. The Morgan fingerprint density at radius 1 is 1.47 bits per heavy atom. The third-order valence-electron chi connectivity index (χ3n) is 2.04. The third kappa shape index (κ3) is 2.76. The SMILES string of the molecule is COc1c(C(F)(F)F)ccc(CN=C=O)c1O. The number of nitrogens with zero attached hydrogens (tertiary/aromatic N) is 1. The van der Waals surface area contributed by atoms with Crippen LogP contribution in [0, 0.1) is 0 Å². The van der Waals surface area contributed by atoms with E-state index in [2.05, 4.69) is 9.73 Å². The van der Waals surface area contributed by atoms with Gasteiger partial charge >= 0.3 is 6.18 Å². The molecule has 1 aromatic carbocycles. The van der Waals surface area contributed by atoms with Crippen molar-refractivity contribution in [3.05, 3.63) is 23.3 Å². The highest BCUT2D eigenvalue weighted by molar-refractivity contribution is 5.52. The number of ether oxygens (including phenoxy) is 1. The van der Waals surface area contributed by atoms with Gasteiger partial charge in [0.2, 0.25) is 6.08 Å². The number of aliphatic imine (C=N–C) groups is 1. The minimum Gasteiger partial charge on any atom is -0.504 e. The first-order valence-electron chi connectivity index (χ1n) is 4.41. The van der Waals surface area contributed by atoms with Gasteiger partial charge in [0, 0.05) is 5.56 Å². The van der Waals surface area contributed by atoms with Gasteiger partial charge in [-0.15, -0.1) is 0 Å². The highest BCUT2D eigenvalue weighted by Gasteiger charge is 2.36. The Labute approximate surface area is 94.4 Å². The van der Waals surface area contributed by atoms with Crippen LogP contribution in [0.2, 0.25) is 0 Å². The predicted octanol–water partition coefficient (Wildman–Crippen LogP) is 2.26. The minimum absolute atomic E-state index is 0.0539. The van der Waals surface area contributed by atoms with E-state index in [1.807, 2.05) is 0 Å². The van der Waals surface area contributed by atoms with Crippen LogP contribution in [-0.4, -0.2) is 18.3 Å². The zero-order chi connectivity index (χ0) is 13.1. The average Bonchev–Trinajstić information content (AvgIpc) is 2.25. The van der Waals surface area contributed by atoms with Gasteiger partial charge in [0.15, 0.2) is 11.5 Å². The first-order valence-corrected chi connectivity index (χ1v) is 4.41. The number of phenolic OH excluding ortho intramolecular Hbond substituents is 1. The monoisotopic (exact) mass is 247 g/mol. The summed E-state index contributed by atoms with van der Waals surface area (Å²) in [6.07, 6.45) is -3.40. The van der Waals surface area contributed by atoms with Crippen molar-refractivity contribution in [2.45, 2.75) is 12.7 Å². The van der Waals surface area contributed by atoms with Crippen molar-refractivity contribution in [1.29, 1.82) is 0 Å². The van der Waals surface area contributed by atoms with Crippen molar-refractivity contribution in [3.63, 3.8) is 0 Å². The van der Waals surface area contributed by atoms with Gasteiger partial charge in [-0.1, -0.05) is 6.07 Å². The molecule has 0 atom stereocenters. The summed E-state index contributed by atoms with van der Waals surface area (Å²) in [5, 5.41) is 9.54. The molecule has 0 saturated carbocycles. The van der Waals surface area contributed by atoms with Crippen molar-refractivity contribution < 1.29 is 27.8 Å². The predicted molar refractivity (Wildman–Crippen MR) is 51.5 cm³/mol. The summed E-state index contributed by atoms with van der Waals surface area (Å²) < 4.78 is 42.1. The van der Waals surface area contributed by atoms with Gasteiger partial charge < -0.3 is 9.84 Å². The first-order chi connectivity index (χ1) is 7.91. The van der Waals surface area contributed by atoms with Crippen molar-refractivity contribution in [1.82, 2.24) is 0 Å². The lowest BCUT2D eigenvalue weighted by Crippen LogP contribution is -2.08. The van der Waals surface area contributed by atoms with Crippen molar-refractivity contribution in [2.24, 2.45) is 4.99 Å². The van der Waals surface area contributed by atoms with Crippen LogP contribution in [-0.2, 0) is 17.5 Å². The molecule has 92 valence electrons. The maximum Gasteiger partial charge on any atom is 0.420 e. The van der Waals surface area contributed by atoms with E-state index in [1.54, 1.807) is 0 Å². The molecule has 1 rings (SSSR count). The molecule has 4 nitrogen and oxygen atoms in total. The number of carbonyl (C=O) groups excluding carboxylic acids is 1. The number of aromatic hydroxyl groups is 1. The molecule has 0 spiro atoms. The fraction of sp³-hybridized carbons (Fsp3) is 0.300. The van der Waals surface area contributed by atoms with E-state index in [0.717, 1.165) is 19.2 Å². The fourth-order valence-electron chi connectivity index (χ4n) is 1.29. The van der Waals surface area contributed by atoms with E-state index in [4.69, 9.17) is 0 Å².